The zero-order valence-corrected chi connectivity index (χ0v) is 16.5. The smallest absolute Gasteiger partial charge is 0.231 e. The van der Waals surface area contributed by atoms with Crippen molar-refractivity contribution in [2.24, 2.45) is 0 Å². The van der Waals surface area contributed by atoms with Crippen LogP contribution in [0.5, 0.6) is 11.5 Å². The van der Waals surface area contributed by atoms with Gasteiger partial charge in [-0.15, -0.1) is 15.3 Å². The third-order valence-electron chi connectivity index (χ3n) is 4.75. The van der Waals surface area contributed by atoms with Crippen molar-refractivity contribution in [3.8, 4) is 11.5 Å². The van der Waals surface area contributed by atoms with E-state index in [1.807, 2.05) is 36.4 Å². The van der Waals surface area contributed by atoms with Gasteiger partial charge in [0, 0.05) is 25.6 Å². The largest absolute Gasteiger partial charge is 0.454 e. The lowest BCUT2D eigenvalue weighted by atomic mass is 10.2. The maximum atomic E-state index is 12.2. The average Bonchev–Trinajstić information content (AvgIpc) is 3.43. The van der Waals surface area contributed by atoms with Gasteiger partial charge in [-0.05, 0) is 42.0 Å². The minimum atomic E-state index is -0.146. The quantitative estimate of drug-likeness (QED) is 0.471. The van der Waals surface area contributed by atoms with Gasteiger partial charge in [-0.25, -0.2) is 4.98 Å². The summed E-state index contributed by atoms with van der Waals surface area (Å²) in [5.74, 6) is 3.15. The number of pyridine rings is 1. The lowest BCUT2D eigenvalue weighted by Gasteiger charge is -2.07. The predicted molar refractivity (Wildman–Crippen MR) is 112 cm³/mol. The molecule has 156 valence electrons. The Bertz CT molecular complexity index is 1230. The number of amides is 1. The van der Waals surface area contributed by atoms with E-state index >= 15 is 0 Å². The van der Waals surface area contributed by atoms with E-state index in [0.717, 1.165) is 17.1 Å². The van der Waals surface area contributed by atoms with E-state index < -0.39 is 0 Å². The monoisotopic (exact) mass is 417 g/mol. The van der Waals surface area contributed by atoms with Crippen molar-refractivity contribution >= 4 is 23.2 Å². The fourth-order valence-corrected chi connectivity index (χ4v) is 3.19. The highest BCUT2D eigenvalue weighted by Crippen LogP contribution is 2.32. The first-order valence-corrected chi connectivity index (χ1v) is 9.79. The fourth-order valence-electron chi connectivity index (χ4n) is 3.19. The van der Waals surface area contributed by atoms with E-state index in [9.17, 15) is 4.79 Å². The molecular weight excluding hydrogens is 398 g/mol. The van der Waals surface area contributed by atoms with Crippen LogP contribution < -0.4 is 20.1 Å². The summed E-state index contributed by atoms with van der Waals surface area (Å²) in [6, 6.07) is 14.8. The van der Waals surface area contributed by atoms with Crippen LogP contribution in [0.15, 0.2) is 54.7 Å². The molecule has 0 radical (unpaired) electrons. The molecule has 5 rings (SSSR count). The molecule has 0 fully saturated rings. The highest BCUT2D eigenvalue weighted by Gasteiger charge is 2.14. The molecule has 0 saturated heterocycles. The van der Waals surface area contributed by atoms with E-state index in [1.165, 1.54) is 0 Å². The van der Waals surface area contributed by atoms with Gasteiger partial charge in [0.25, 0.3) is 0 Å². The number of ether oxygens (including phenoxy) is 2. The third-order valence-corrected chi connectivity index (χ3v) is 4.75. The van der Waals surface area contributed by atoms with E-state index in [0.29, 0.717) is 36.1 Å². The van der Waals surface area contributed by atoms with Gasteiger partial charge in [-0.1, -0.05) is 12.1 Å². The number of aromatic nitrogens is 5. The first-order valence-electron chi connectivity index (χ1n) is 9.79. The lowest BCUT2D eigenvalue weighted by molar-refractivity contribution is -0.116. The number of rotatable bonds is 7. The first kappa shape index (κ1) is 18.8. The van der Waals surface area contributed by atoms with E-state index in [4.69, 9.17) is 9.47 Å². The zero-order chi connectivity index (χ0) is 21.0. The number of hydrogen-bond acceptors (Lipinski definition) is 8. The van der Waals surface area contributed by atoms with E-state index in [-0.39, 0.29) is 19.1 Å². The number of anilines is 2. The highest BCUT2D eigenvalue weighted by molar-refractivity contribution is 5.89. The van der Waals surface area contributed by atoms with Gasteiger partial charge >= 0.3 is 0 Å². The molecule has 3 aromatic heterocycles. The van der Waals surface area contributed by atoms with Crippen LogP contribution in [0.4, 0.5) is 11.6 Å². The van der Waals surface area contributed by atoms with Crippen LogP contribution >= 0.6 is 0 Å². The molecule has 4 heterocycles. The molecule has 10 nitrogen and oxygen atoms in total. The van der Waals surface area contributed by atoms with Crippen molar-refractivity contribution in [1.29, 1.82) is 0 Å². The summed E-state index contributed by atoms with van der Waals surface area (Å²) < 4.78 is 12.4. The van der Waals surface area contributed by atoms with Crippen LogP contribution in [-0.4, -0.2) is 37.5 Å². The Labute approximate surface area is 177 Å². The minimum absolute atomic E-state index is 0.146. The van der Waals surface area contributed by atoms with Gasteiger partial charge in [-0.2, -0.15) is 4.52 Å². The SMILES string of the molecule is O=C(CCc1nnc2ccc(NCc3ccc4c(c3)OCO4)nn12)Nc1ccccn1. The predicted octanol–water partition coefficient (Wildman–Crippen LogP) is 2.43. The number of fused-ring (bicyclic) bond motifs is 2. The van der Waals surface area contributed by atoms with E-state index in [1.54, 1.807) is 22.8 Å². The summed E-state index contributed by atoms with van der Waals surface area (Å²) in [5, 5.41) is 18.9. The first-order chi connectivity index (χ1) is 15.2. The van der Waals surface area contributed by atoms with Crippen molar-refractivity contribution in [2.75, 3.05) is 17.4 Å². The molecule has 0 spiro atoms. The highest BCUT2D eigenvalue weighted by atomic mass is 16.7. The van der Waals surface area contributed by atoms with Crippen molar-refractivity contribution < 1.29 is 14.3 Å². The second kappa shape index (κ2) is 8.27. The molecule has 0 unspecified atom stereocenters. The average molecular weight is 417 g/mol. The molecule has 1 amide bonds. The van der Waals surface area contributed by atoms with Crippen LogP contribution in [-0.2, 0) is 17.8 Å². The van der Waals surface area contributed by atoms with Crippen LogP contribution in [0.1, 0.15) is 17.8 Å². The maximum Gasteiger partial charge on any atom is 0.231 e. The fraction of sp³-hybridized carbons (Fsp3) is 0.190. The second-order valence-corrected chi connectivity index (χ2v) is 6.91. The Morgan fingerprint density at radius 1 is 1.03 bits per heavy atom. The van der Waals surface area contributed by atoms with Crippen molar-refractivity contribution in [2.45, 2.75) is 19.4 Å². The summed E-state index contributed by atoms with van der Waals surface area (Å²) in [6.07, 6.45) is 2.27. The number of nitrogens with one attached hydrogen (secondary N) is 2. The number of benzene rings is 1. The molecule has 1 aliphatic heterocycles. The topological polar surface area (TPSA) is 116 Å². The molecule has 1 aliphatic rings. The molecule has 4 aromatic rings. The normalized spacial score (nSPS) is 12.1. The van der Waals surface area contributed by atoms with Crippen LogP contribution in [0.3, 0.4) is 0 Å². The Morgan fingerprint density at radius 2 is 1.97 bits per heavy atom. The van der Waals surface area contributed by atoms with Gasteiger partial charge in [0.1, 0.15) is 11.6 Å². The number of carbonyl (C=O) groups is 1. The molecule has 10 heteroatoms. The summed E-state index contributed by atoms with van der Waals surface area (Å²) in [5.41, 5.74) is 1.66. The summed E-state index contributed by atoms with van der Waals surface area (Å²) in [7, 11) is 0. The third kappa shape index (κ3) is 4.22. The molecule has 0 bridgehead atoms. The van der Waals surface area contributed by atoms with Gasteiger partial charge in [0.05, 0.1) is 0 Å². The van der Waals surface area contributed by atoms with Gasteiger partial charge in [0.2, 0.25) is 12.7 Å². The zero-order valence-electron chi connectivity index (χ0n) is 16.5. The van der Waals surface area contributed by atoms with Crippen LogP contribution in [0, 0.1) is 0 Å². The lowest BCUT2D eigenvalue weighted by Crippen LogP contribution is -2.14. The second-order valence-electron chi connectivity index (χ2n) is 6.91. The number of hydrogen-bond donors (Lipinski definition) is 2. The molecule has 31 heavy (non-hydrogen) atoms. The molecule has 1 aromatic carbocycles. The Hall–Kier alpha value is -4.21. The number of aryl methyl sites for hydroxylation is 1. The Balaban J connectivity index is 1.23. The molecule has 0 atom stereocenters. The molecular formula is C21H19N7O3. The minimum Gasteiger partial charge on any atom is -0.454 e. The van der Waals surface area contributed by atoms with Crippen molar-refractivity contribution in [3.63, 3.8) is 0 Å². The molecule has 0 saturated carbocycles. The number of carbonyl (C=O) groups excluding carboxylic acids is 1. The van der Waals surface area contributed by atoms with Gasteiger partial charge in [0.15, 0.2) is 23.0 Å². The van der Waals surface area contributed by atoms with Crippen LogP contribution in [0.2, 0.25) is 0 Å². The maximum absolute atomic E-state index is 12.2. The Morgan fingerprint density at radius 3 is 2.87 bits per heavy atom. The van der Waals surface area contributed by atoms with Gasteiger partial charge < -0.3 is 20.1 Å². The summed E-state index contributed by atoms with van der Waals surface area (Å²) >= 11 is 0. The van der Waals surface area contributed by atoms with Crippen molar-refractivity contribution in [1.82, 2.24) is 24.8 Å². The van der Waals surface area contributed by atoms with Crippen LogP contribution in [0.25, 0.3) is 5.65 Å². The van der Waals surface area contributed by atoms with Crippen molar-refractivity contribution in [3.05, 3.63) is 66.1 Å². The van der Waals surface area contributed by atoms with E-state index in [2.05, 4.69) is 30.9 Å². The number of nitrogens with zero attached hydrogens (tertiary/aromatic N) is 5. The summed E-state index contributed by atoms with van der Waals surface area (Å²) in [6.45, 7) is 0.819. The van der Waals surface area contributed by atoms with Gasteiger partial charge in [-0.3, -0.25) is 4.79 Å². The standard InChI is InChI=1S/C21H19N7O3/c29-21(24-17-3-1-2-10-22-17)9-8-20-26-25-19-7-6-18(27-28(19)20)23-12-14-4-5-15-16(11-14)31-13-30-15/h1-7,10-11H,8-9,12-13H2,(H,23,27)(H,22,24,29). The Kier molecular flexibility index (Phi) is 5.01. The molecule has 0 aliphatic carbocycles. The molecule has 2 N–H and O–H groups in total. The summed E-state index contributed by atoms with van der Waals surface area (Å²) in [4.78, 5) is 16.3.